The zero-order valence-electron chi connectivity index (χ0n) is 24.6. The van der Waals surface area contributed by atoms with Gasteiger partial charge in [0.1, 0.15) is 6.61 Å². The molecule has 3 aromatic carbocycles. The molecule has 222 valence electrons. The summed E-state index contributed by atoms with van der Waals surface area (Å²) in [6, 6.07) is 19.8. The lowest BCUT2D eigenvalue weighted by Gasteiger charge is -2.25. The fraction of sp³-hybridized carbons (Fsp3) is 0.242. The SMILES string of the molecule is CCOC(=O)C1=C(C)N=c2sc(=Cc3ccc(OC)c(OC)c3)c(=O)n2C1c1ccc(OCc2ccccc2)c(OC)c1. The van der Waals surface area contributed by atoms with Crippen molar-refractivity contribution in [2.75, 3.05) is 27.9 Å². The van der Waals surface area contributed by atoms with Crippen LogP contribution in [0.1, 0.15) is 36.6 Å². The number of methoxy groups -OCH3 is 3. The van der Waals surface area contributed by atoms with Crippen molar-refractivity contribution in [3.63, 3.8) is 0 Å². The monoisotopic (exact) mass is 600 g/mol. The van der Waals surface area contributed by atoms with E-state index in [2.05, 4.69) is 4.99 Å². The zero-order chi connectivity index (χ0) is 30.5. The first kappa shape index (κ1) is 29.7. The van der Waals surface area contributed by atoms with Crippen molar-refractivity contribution >= 4 is 23.4 Å². The number of carbonyl (C=O) groups excluding carboxylic acids is 1. The molecule has 0 amide bonds. The van der Waals surface area contributed by atoms with Gasteiger partial charge in [-0.25, -0.2) is 9.79 Å². The van der Waals surface area contributed by atoms with Crippen LogP contribution in [-0.4, -0.2) is 38.5 Å². The molecule has 0 N–H and O–H groups in total. The average molecular weight is 601 g/mol. The number of hydrogen-bond acceptors (Lipinski definition) is 9. The number of carbonyl (C=O) groups is 1. The number of nitrogens with zero attached hydrogens (tertiary/aromatic N) is 2. The predicted molar refractivity (Wildman–Crippen MR) is 164 cm³/mol. The standard InChI is InChI=1S/C33H32N2O7S/c1-6-41-32(37)29-20(2)34-33-35(31(36)28(43-33)17-22-12-14-24(38-3)26(16-22)39-4)30(29)23-13-15-25(27(18-23)40-5)42-19-21-10-8-7-9-11-21/h7-18,30H,6,19H2,1-5H3. The fourth-order valence-electron chi connectivity index (χ4n) is 4.91. The van der Waals surface area contributed by atoms with Crippen LogP contribution >= 0.6 is 11.3 Å². The largest absolute Gasteiger partial charge is 0.493 e. The molecule has 0 bridgehead atoms. The number of thiazole rings is 1. The second kappa shape index (κ2) is 13.0. The Morgan fingerprint density at radius 1 is 0.930 bits per heavy atom. The van der Waals surface area contributed by atoms with E-state index < -0.39 is 12.0 Å². The summed E-state index contributed by atoms with van der Waals surface area (Å²) in [5, 5.41) is 0. The molecule has 0 fully saturated rings. The minimum atomic E-state index is -0.792. The van der Waals surface area contributed by atoms with E-state index in [1.165, 1.54) is 15.9 Å². The van der Waals surface area contributed by atoms with E-state index in [0.717, 1.165) is 11.1 Å². The first-order valence-corrected chi connectivity index (χ1v) is 14.5. The van der Waals surface area contributed by atoms with Crippen LogP contribution in [0.5, 0.6) is 23.0 Å². The lowest BCUT2D eigenvalue weighted by Crippen LogP contribution is -2.40. The molecule has 5 rings (SSSR count). The molecular formula is C33H32N2O7S. The molecule has 0 saturated heterocycles. The lowest BCUT2D eigenvalue weighted by molar-refractivity contribution is -0.139. The van der Waals surface area contributed by atoms with Crippen LogP contribution in [-0.2, 0) is 16.1 Å². The highest BCUT2D eigenvalue weighted by Gasteiger charge is 2.34. The van der Waals surface area contributed by atoms with Gasteiger partial charge >= 0.3 is 5.97 Å². The Morgan fingerprint density at radius 2 is 1.63 bits per heavy atom. The molecule has 1 unspecified atom stereocenters. The second-order valence-corrected chi connectivity index (χ2v) is 10.6. The minimum absolute atomic E-state index is 0.182. The number of esters is 1. The highest BCUT2D eigenvalue weighted by Crippen LogP contribution is 2.36. The molecule has 1 aliphatic heterocycles. The third-order valence-electron chi connectivity index (χ3n) is 6.96. The van der Waals surface area contributed by atoms with Crippen molar-refractivity contribution in [2.45, 2.75) is 26.5 Å². The molecule has 2 heterocycles. The summed E-state index contributed by atoms with van der Waals surface area (Å²) in [6.45, 7) is 4.03. The molecule has 9 nitrogen and oxygen atoms in total. The van der Waals surface area contributed by atoms with Crippen LogP contribution in [0.2, 0.25) is 0 Å². The summed E-state index contributed by atoms with van der Waals surface area (Å²) >= 11 is 1.24. The minimum Gasteiger partial charge on any atom is -0.493 e. The maximum Gasteiger partial charge on any atom is 0.338 e. The zero-order valence-corrected chi connectivity index (χ0v) is 25.4. The summed E-state index contributed by atoms with van der Waals surface area (Å²) in [7, 11) is 4.67. The molecule has 1 atom stereocenters. The molecule has 10 heteroatoms. The van der Waals surface area contributed by atoms with Gasteiger partial charge in [-0.2, -0.15) is 0 Å². The Labute approximate surface area is 252 Å². The van der Waals surface area contributed by atoms with E-state index >= 15 is 0 Å². The number of aromatic nitrogens is 1. The molecule has 0 saturated carbocycles. The van der Waals surface area contributed by atoms with Gasteiger partial charge in [0.15, 0.2) is 27.8 Å². The van der Waals surface area contributed by atoms with E-state index in [0.29, 0.717) is 50.2 Å². The summed E-state index contributed by atoms with van der Waals surface area (Å²) < 4.78 is 29.9. The predicted octanol–water partition coefficient (Wildman–Crippen LogP) is 4.40. The third kappa shape index (κ3) is 6.05. The van der Waals surface area contributed by atoms with Crippen LogP contribution in [0, 0.1) is 0 Å². The van der Waals surface area contributed by atoms with Crippen LogP contribution in [0.4, 0.5) is 0 Å². The van der Waals surface area contributed by atoms with Gasteiger partial charge in [0.25, 0.3) is 5.56 Å². The molecule has 0 radical (unpaired) electrons. The third-order valence-corrected chi connectivity index (χ3v) is 7.95. The van der Waals surface area contributed by atoms with Crippen LogP contribution in [0.25, 0.3) is 6.08 Å². The van der Waals surface area contributed by atoms with Crippen molar-refractivity contribution in [1.82, 2.24) is 4.57 Å². The summed E-state index contributed by atoms with van der Waals surface area (Å²) in [5.41, 5.74) is 2.89. The van der Waals surface area contributed by atoms with Gasteiger partial charge in [-0.05, 0) is 60.9 Å². The van der Waals surface area contributed by atoms with Crippen LogP contribution < -0.4 is 33.8 Å². The van der Waals surface area contributed by atoms with E-state index in [9.17, 15) is 9.59 Å². The molecule has 1 aromatic heterocycles. The topological polar surface area (TPSA) is 97.6 Å². The first-order chi connectivity index (χ1) is 20.9. The Hall–Kier alpha value is -4.83. The number of benzene rings is 3. The molecule has 0 aliphatic carbocycles. The van der Waals surface area contributed by atoms with E-state index in [4.69, 9.17) is 23.7 Å². The lowest BCUT2D eigenvalue weighted by atomic mass is 9.95. The number of ether oxygens (including phenoxy) is 5. The first-order valence-electron chi connectivity index (χ1n) is 13.6. The van der Waals surface area contributed by atoms with Crippen molar-refractivity contribution in [1.29, 1.82) is 0 Å². The van der Waals surface area contributed by atoms with E-state index in [1.54, 1.807) is 65.5 Å². The van der Waals surface area contributed by atoms with Gasteiger partial charge in [-0.1, -0.05) is 53.8 Å². The van der Waals surface area contributed by atoms with Crippen LogP contribution in [0.15, 0.2) is 87.8 Å². The van der Waals surface area contributed by atoms with Crippen molar-refractivity contribution in [2.24, 2.45) is 4.99 Å². The van der Waals surface area contributed by atoms with Crippen molar-refractivity contribution < 1.29 is 28.5 Å². The van der Waals surface area contributed by atoms with E-state index in [-0.39, 0.29) is 17.7 Å². The number of rotatable bonds is 10. The van der Waals surface area contributed by atoms with Crippen molar-refractivity contribution in [3.8, 4) is 23.0 Å². The van der Waals surface area contributed by atoms with Gasteiger partial charge in [0.2, 0.25) is 0 Å². The normalized spacial score (nSPS) is 14.5. The molecule has 0 spiro atoms. The van der Waals surface area contributed by atoms with E-state index in [1.807, 2.05) is 42.5 Å². The van der Waals surface area contributed by atoms with Gasteiger partial charge in [0.05, 0.1) is 49.8 Å². The molecule has 4 aromatic rings. The highest BCUT2D eigenvalue weighted by atomic mass is 32.1. The maximum absolute atomic E-state index is 14.0. The van der Waals surface area contributed by atoms with Crippen LogP contribution in [0.3, 0.4) is 0 Å². The highest BCUT2D eigenvalue weighted by molar-refractivity contribution is 7.07. The quantitative estimate of drug-likeness (QED) is 0.249. The Morgan fingerprint density at radius 3 is 2.33 bits per heavy atom. The average Bonchev–Trinajstić information content (AvgIpc) is 3.33. The molecule has 43 heavy (non-hydrogen) atoms. The number of fused-ring (bicyclic) bond motifs is 1. The van der Waals surface area contributed by atoms with Gasteiger partial charge in [-0.15, -0.1) is 0 Å². The smallest absolute Gasteiger partial charge is 0.338 e. The maximum atomic E-state index is 14.0. The summed E-state index contributed by atoms with van der Waals surface area (Å²) in [6.07, 6.45) is 1.77. The van der Waals surface area contributed by atoms with Gasteiger partial charge < -0.3 is 23.7 Å². The second-order valence-electron chi connectivity index (χ2n) is 9.60. The number of hydrogen-bond donors (Lipinski definition) is 0. The fourth-order valence-corrected chi connectivity index (χ4v) is 5.96. The Bertz CT molecular complexity index is 1860. The summed E-state index contributed by atoms with van der Waals surface area (Å²) in [5.74, 6) is 1.60. The Kier molecular flexibility index (Phi) is 8.96. The van der Waals surface area contributed by atoms with Crippen molar-refractivity contribution in [3.05, 3.63) is 114 Å². The van der Waals surface area contributed by atoms with Gasteiger partial charge in [-0.3, -0.25) is 9.36 Å². The molecule has 1 aliphatic rings. The summed E-state index contributed by atoms with van der Waals surface area (Å²) in [4.78, 5) is 32.4. The Balaban J connectivity index is 1.62. The van der Waals surface area contributed by atoms with Gasteiger partial charge in [0, 0.05) is 0 Å². The number of allylic oxidation sites excluding steroid dienone is 1. The molecular weight excluding hydrogens is 568 g/mol.